The van der Waals surface area contributed by atoms with Crippen molar-refractivity contribution in [3.8, 4) is 0 Å². The maximum Gasteiger partial charge on any atom is 0.328 e. The molecule has 0 unspecified atom stereocenters. The Morgan fingerprint density at radius 1 is 1.56 bits per heavy atom. The molecular weight excluding hydrogens is 236 g/mol. The number of methoxy groups -OCH3 is 1. The third kappa shape index (κ3) is 5.22. The first kappa shape index (κ1) is 13.9. The van der Waals surface area contributed by atoms with Crippen LogP contribution in [-0.4, -0.2) is 35.7 Å². The fourth-order valence-corrected chi connectivity index (χ4v) is 1.19. The van der Waals surface area contributed by atoms with E-state index >= 15 is 0 Å². The minimum absolute atomic E-state index is 0.205. The summed E-state index contributed by atoms with van der Waals surface area (Å²) in [4.78, 5) is 25.7. The normalized spacial score (nSPS) is 10.5. The summed E-state index contributed by atoms with van der Waals surface area (Å²) in [5.41, 5.74) is 0.648. The predicted molar refractivity (Wildman–Crippen MR) is 66.0 cm³/mol. The zero-order valence-corrected chi connectivity index (χ0v) is 9.92. The summed E-state index contributed by atoms with van der Waals surface area (Å²) in [6, 6.07) is 3.23. The number of rotatable bonds is 6. The number of aromatic nitrogens is 1. The molecule has 0 aliphatic heterocycles. The molecule has 0 spiro atoms. The highest BCUT2D eigenvalue weighted by atomic mass is 16.5. The van der Waals surface area contributed by atoms with Crippen LogP contribution in [0.1, 0.15) is 12.0 Å². The van der Waals surface area contributed by atoms with Crippen LogP contribution in [0.4, 0.5) is 5.82 Å². The third-order valence-corrected chi connectivity index (χ3v) is 2.00. The molecule has 1 heterocycles. The number of amides is 1. The molecule has 1 rings (SSSR count). The quantitative estimate of drug-likeness (QED) is 0.739. The van der Waals surface area contributed by atoms with Crippen molar-refractivity contribution in [1.82, 2.24) is 4.98 Å². The van der Waals surface area contributed by atoms with E-state index in [2.05, 4.69) is 10.3 Å². The molecule has 0 bridgehead atoms. The number of hydrogen-bond acceptors (Lipinski definition) is 4. The number of nitrogens with zero attached hydrogens (tertiary/aromatic N) is 1. The van der Waals surface area contributed by atoms with Gasteiger partial charge in [0.2, 0.25) is 5.91 Å². The van der Waals surface area contributed by atoms with Gasteiger partial charge in [-0.2, -0.15) is 0 Å². The topological polar surface area (TPSA) is 88.5 Å². The second kappa shape index (κ2) is 7.18. The van der Waals surface area contributed by atoms with Gasteiger partial charge >= 0.3 is 5.97 Å². The predicted octanol–water partition coefficient (Wildman–Crippen LogP) is 1.15. The van der Waals surface area contributed by atoms with E-state index in [0.29, 0.717) is 18.0 Å². The number of carboxylic acid groups (broad SMARTS) is 1. The van der Waals surface area contributed by atoms with E-state index in [-0.39, 0.29) is 12.3 Å². The first-order valence-corrected chi connectivity index (χ1v) is 5.27. The average molecular weight is 250 g/mol. The average Bonchev–Trinajstić information content (AvgIpc) is 2.34. The lowest BCUT2D eigenvalue weighted by molar-refractivity contribution is -0.131. The lowest BCUT2D eigenvalue weighted by atomic mass is 10.2. The number of anilines is 1. The lowest BCUT2D eigenvalue weighted by Gasteiger charge is -2.04. The summed E-state index contributed by atoms with van der Waals surface area (Å²) in [5.74, 6) is -0.857. The summed E-state index contributed by atoms with van der Waals surface area (Å²) >= 11 is 0. The van der Waals surface area contributed by atoms with Crippen LogP contribution in [0.5, 0.6) is 0 Å². The van der Waals surface area contributed by atoms with Crippen LogP contribution in [0, 0.1) is 0 Å². The van der Waals surface area contributed by atoms with Gasteiger partial charge in [0, 0.05) is 19.4 Å². The van der Waals surface area contributed by atoms with E-state index in [4.69, 9.17) is 9.84 Å². The van der Waals surface area contributed by atoms with Crippen LogP contribution in [0.2, 0.25) is 0 Å². The zero-order chi connectivity index (χ0) is 13.4. The Labute approximate surface area is 104 Å². The second-order valence-electron chi connectivity index (χ2n) is 3.44. The number of carbonyl (C=O) groups excluding carboxylic acids is 1. The van der Waals surface area contributed by atoms with E-state index in [1.807, 2.05) is 0 Å². The van der Waals surface area contributed by atoms with E-state index in [1.165, 1.54) is 19.4 Å². The molecule has 0 saturated heterocycles. The molecule has 6 nitrogen and oxygen atoms in total. The van der Waals surface area contributed by atoms with Crippen molar-refractivity contribution in [3.05, 3.63) is 30.0 Å². The molecular formula is C12H14N2O4. The van der Waals surface area contributed by atoms with Crippen molar-refractivity contribution in [2.45, 2.75) is 6.42 Å². The van der Waals surface area contributed by atoms with Crippen molar-refractivity contribution in [1.29, 1.82) is 0 Å². The Bertz CT molecular complexity index is 457. The number of hydrogen-bond donors (Lipinski definition) is 2. The molecule has 2 N–H and O–H groups in total. The summed E-state index contributed by atoms with van der Waals surface area (Å²) < 4.78 is 4.78. The van der Waals surface area contributed by atoms with Crippen molar-refractivity contribution in [2.75, 3.05) is 19.0 Å². The largest absolute Gasteiger partial charge is 0.478 e. The summed E-state index contributed by atoms with van der Waals surface area (Å²) in [7, 11) is 1.52. The Hall–Kier alpha value is -2.21. The van der Waals surface area contributed by atoms with Crippen molar-refractivity contribution in [3.63, 3.8) is 0 Å². The molecule has 96 valence electrons. The lowest BCUT2D eigenvalue weighted by Crippen LogP contribution is -2.14. The van der Waals surface area contributed by atoms with Gasteiger partial charge in [0.25, 0.3) is 0 Å². The highest BCUT2D eigenvalue weighted by Gasteiger charge is 2.03. The standard InChI is InChI=1S/C12H14N2O4/c1-18-7-5-11(15)14-10-8-9(4-6-13-10)2-3-12(16)17/h2-4,6,8H,5,7H2,1H3,(H,16,17)(H,13,14,15)/b3-2+. The fourth-order valence-electron chi connectivity index (χ4n) is 1.19. The molecule has 0 saturated carbocycles. The molecule has 0 atom stereocenters. The van der Waals surface area contributed by atoms with Crippen LogP contribution < -0.4 is 5.32 Å². The van der Waals surface area contributed by atoms with Crippen molar-refractivity contribution < 1.29 is 19.4 Å². The molecule has 0 aliphatic carbocycles. The van der Waals surface area contributed by atoms with Gasteiger partial charge in [0.1, 0.15) is 5.82 Å². The van der Waals surface area contributed by atoms with Crippen LogP contribution >= 0.6 is 0 Å². The minimum atomic E-state index is -1.03. The molecule has 0 radical (unpaired) electrons. The first-order valence-electron chi connectivity index (χ1n) is 5.27. The highest BCUT2D eigenvalue weighted by Crippen LogP contribution is 2.08. The third-order valence-electron chi connectivity index (χ3n) is 2.00. The van der Waals surface area contributed by atoms with E-state index in [0.717, 1.165) is 6.08 Å². The molecule has 0 aliphatic rings. The maximum absolute atomic E-state index is 11.4. The summed E-state index contributed by atoms with van der Waals surface area (Å²) in [6.45, 7) is 0.338. The van der Waals surface area contributed by atoms with Gasteiger partial charge in [-0.05, 0) is 23.8 Å². The van der Waals surface area contributed by atoms with Crippen molar-refractivity contribution in [2.24, 2.45) is 0 Å². The van der Waals surface area contributed by atoms with Gasteiger partial charge < -0.3 is 15.2 Å². The number of nitrogens with one attached hydrogen (secondary N) is 1. The van der Waals surface area contributed by atoms with Gasteiger partial charge in [-0.25, -0.2) is 9.78 Å². The van der Waals surface area contributed by atoms with Crippen LogP contribution in [0.15, 0.2) is 24.4 Å². The number of pyridine rings is 1. The van der Waals surface area contributed by atoms with E-state index < -0.39 is 5.97 Å². The van der Waals surface area contributed by atoms with Gasteiger partial charge in [-0.3, -0.25) is 4.79 Å². The van der Waals surface area contributed by atoms with Gasteiger partial charge in [0.15, 0.2) is 0 Å². The number of carboxylic acids is 1. The molecule has 18 heavy (non-hydrogen) atoms. The van der Waals surface area contributed by atoms with Gasteiger partial charge in [-0.15, -0.1) is 0 Å². The van der Waals surface area contributed by atoms with Gasteiger partial charge in [-0.1, -0.05) is 0 Å². The Morgan fingerprint density at radius 3 is 3.00 bits per heavy atom. The Balaban J connectivity index is 2.64. The molecule has 1 aromatic rings. The van der Waals surface area contributed by atoms with E-state index in [9.17, 15) is 9.59 Å². The smallest absolute Gasteiger partial charge is 0.328 e. The van der Waals surface area contributed by atoms with Crippen molar-refractivity contribution >= 4 is 23.8 Å². The maximum atomic E-state index is 11.4. The monoisotopic (exact) mass is 250 g/mol. The number of aliphatic carboxylic acids is 1. The van der Waals surface area contributed by atoms with Crippen LogP contribution in [0.25, 0.3) is 6.08 Å². The molecule has 6 heteroatoms. The van der Waals surface area contributed by atoms with E-state index in [1.54, 1.807) is 12.1 Å². The SMILES string of the molecule is COCCC(=O)Nc1cc(/C=C/C(=O)O)ccn1. The highest BCUT2D eigenvalue weighted by molar-refractivity contribution is 5.90. The molecule has 1 aromatic heterocycles. The number of ether oxygens (including phenoxy) is 1. The molecule has 1 amide bonds. The minimum Gasteiger partial charge on any atom is -0.478 e. The summed E-state index contributed by atoms with van der Waals surface area (Å²) in [6.07, 6.45) is 4.18. The summed E-state index contributed by atoms with van der Waals surface area (Å²) in [5, 5.41) is 11.1. The fraction of sp³-hybridized carbons (Fsp3) is 0.250. The second-order valence-corrected chi connectivity index (χ2v) is 3.44. The van der Waals surface area contributed by atoms with Crippen LogP contribution in [-0.2, 0) is 14.3 Å². The first-order chi connectivity index (χ1) is 8.61. The zero-order valence-electron chi connectivity index (χ0n) is 9.92. The Kier molecular flexibility index (Phi) is 5.53. The Morgan fingerprint density at radius 2 is 2.33 bits per heavy atom. The molecule has 0 fully saturated rings. The number of carbonyl (C=O) groups is 2. The van der Waals surface area contributed by atoms with Gasteiger partial charge in [0.05, 0.1) is 13.0 Å². The van der Waals surface area contributed by atoms with Crippen LogP contribution in [0.3, 0.4) is 0 Å². The molecule has 0 aromatic carbocycles.